The Morgan fingerprint density at radius 1 is 0.741 bits per heavy atom. The standard InChI is InChI=1S/C16H22O4.C6H15N/c1-3-5-11-19-15(17)13-9-7-8-10-14(13)16(18)20-12-6-4-2;1-4-7(5-2)6-3/h7-10H,3-6,11-12H2,1-2H3;4-6H2,1-3H3. The van der Waals surface area contributed by atoms with Crippen LogP contribution in [0.3, 0.4) is 0 Å². The fourth-order valence-electron chi connectivity index (χ4n) is 2.28. The molecule has 0 radical (unpaired) electrons. The summed E-state index contributed by atoms with van der Waals surface area (Å²) < 4.78 is 10.3. The minimum Gasteiger partial charge on any atom is -0.462 e. The Bertz CT molecular complexity index is 480. The summed E-state index contributed by atoms with van der Waals surface area (Å²) >= 11 is 0. The smallest absolute Gasteiger partial charge is 0.339 e. The van der Waals surface area contributed by atoms with Gasteiger partial charge in [-0.25, -0.2) is 9.59 Å². The Kier molecular flexibility index (Phi) is 15.2. The van der Waals surface area contributed by atoms with Gasteiger partial charge in [0.1, 0.15) is 0 Å². The maximum Gasteiger partial charge on any atom is 0.339 e. The highest BCUT2D eigenvalue weighted by atomic mass is 16.5. The fourth-order valence-corrected chi connectivity index (χ4v) is 2.28. The Morgan fingerprint density at radius 3 is 1.37 bits per heavy atom. The van der Waals surface area contributed by atoms with Gasteiger partial charge < -0.3 is 14.4 Å². The minimum absolute atomic E-state index is 0.269. The molecule has 5 heteroatoms. The van der Waals surface area contributed by atoms with Crippen molar-refractivity contribution in [3.05, 3.63) is 35.4 Å². The van der Waals surface area contributed by atoms with Crippen molar-refractivity contribution in [3.8, 4) is 0 Å². The Hall–Kier alpha value is -1.88. The average molecular weight is 380 g/mol. The second-order valence-corrected chi connectivity index (χ2v) is 6.14. The highest BCUT2D eigenvalue weighted by molar-refractivity contribution is 6.03. The second-order valence-electron chi connectivity index (χ2n) is 6.14. The molecule has 27 heavy (non-hydrogen) atoms. The molecule has 0 aliphatic heterocycles. The molecule has 0 saturated heterocycles. The van der Waals surface area contributed by atoms with E-state index in [-0.39, 0.29) is 11.1 Å². The number of rotatable bonds is 11. The largest absolute Gasteiger partial charge is 0.462 e. The number of hydrogen-bond acceptors (Lipinski definition) is 5. The molecule has 0 atom stereocenters. The third-order valence-electron chi connectivity index (χ3n) is 4.17. The van der Waals surface area contributed by atoms with E-state index in [0.717, 1.165) is 25.7 Å². The third-order valence-corrected chi connectivity index (χ3v) is 4.17. The number of benzene rings is 1. The van der Waals surface area contributed by atoms with Crippen LogP contribution in [-0.4, -0.2) is 49.7 Å². The summed E-state index contributed by atoms with van der Waals surface area (Å²) in [6, 6.07) is 6.59. The number of carbonyl (C=O) groups is 2. The lowest BCUT2D eigenvalue weighted by Gasteiger charge is -2.13. The van der Waals surface area contributed by atoms with Crippen LogP contribution in [0.2, 0.25) is 0 Å². The van der Waals surface area contributed by atoms with Gasteiger partial charge in [-0.15, -0.1) is 0 Å². The predicted octanol–water partition coefficient (Wildman–Crippen LogP) is 4.95. The van der Waals surface area contributed by atoms with Gasteiger partial charge >= 0.3 is 11.9 Å². The van der Waals surface area contributed by atoms with E-state index in [4.69, 9.17) is 9.47 Å². The van der Waals surface area contributed by atoms with Crippen LogP contribution in [0.15, 0.2) is 24.3 Å². The van der Waals surface area contributed by atoms with E-state index >= 15 is 0 Å². The van der Waals surface area contributed by atoms with E-state index in [1.54, 1.807) is 24.3 Å². The molecule has 1 aromatic rings. The van der Waals surface area contributed by atoms with Gasteiger partial charge in [-0.3, -0.25) is 0 Å². The summed E-state index contributed by atoms with van der Waals surface area (Å²) in [7, 11) is 0. The number of esters is 2. The molecule has 1 aromatic carbocycles. The van der Waals surface area contributed by atoms with E-state index in [1.165, 1.54) is 19.6 Å². The van der Waals surface area contributed by atoms with E-state index in [9.17, 15) is 9.59 Å². The normalized spacial score (nSPS) is 10.1. The van der Waals surface area contributed by atoms with E-state index in [1.807, 2.05) is 13.8 Å². The first-order valence-electron chi connectivity index (χ1n) is 10.2. The zero-order valence-corrected chi connectivity index (χ0v) is 17.8. The Balaban J connectivity index is 0.000000821. The number of unbranched alkanes of at least 4 members (excludes halogenated alkanes) is 2. The average Bonchev–Trinajstić information content (AvgIpc) is 2.70. The van der Waals surface area contributed by atoms with Crippen molar-refractivity contribution >= 4 is 11.9 Å². The molecule has 0 saturated carbocycles. The SMILES string of the molecule is CCCCOC(=O)c1ccccc1C(=O)OCCCC.CCN(CC)CC. The van der Waals surface area contributed by atoms with Crippen LogP contribution in [0.5, 0.6) is 0 Å². The van der Waals surface area contributed by atoms with Gasteiger partial charge in [0.25, 0.3) is 0 Å². The molecule has 5 nitrogen and oxygen atoms in total. The van der Waals surface area contributed by atoms with Gasteiger partial charge in [0, 0.05) is 0 Å². The highest BCUT2D eigenvalue weighted by Crippen LogP contribution is 2.12. The van der Waals surface area contributed by atoms with Crippen molar-refractivity contribution in [3.63, 3.8) is 0 Å². The maximum absolute atomic E-state index is 11.9. The van der Waals surface area contributed by atoms with Crippen molar-refractivity contribution in [2.45, 2.75) is 60.3 Å². The first-order chi connectivity index (χ1) is 13.0. The molecule has 0 aromatic heterocycles. The van der Waals surface area contributed by atoms with Crippen molar-refractivity contribution in [1.29, 1.82) is 0 Å². The number of nitrogens with zero attached hydrogens (tertiary/aromatic N) is 1. The second kappa shape index (κ2) is 16.3. The summed E-state index contributed by atoms with van der Waals surface area (Å²) in [6.45, 7) is 14.9. The van der Waals surface area contributed by atoms with Crippen molar-refractivity contribution in [1.82, 2.24) is 4.90 Å². The highest BCUT2D eigenvalue weighted by Gasteiger charge is 2.18. The van der Waals surface area contributed by atoms with E-state index in [2.05, 4.69) is 25.7 Å². The van der Waals surface area contributed by atoms with Gasteiger partial charge in [-0.2, -0.15) is 0 Å². The van der Waals surface area contributed by atoms with E-state index < -0.39 is 11.9 Å². The monoisotopic (exact) mass is 379 g/mol. The molecular weight excluding hydrogens is 342 g/mol. The third kappa shape index (κ3) is 10.8. The number of ether oxygens (including phenoxy) is 2. The van der Waals surface area contributed by atoms with Gasteiger partial charge in [-0.1, -0.05) is 59.6 Å². The first kappa shape index (κ1) is 25.1. The van der Waals surface area contributed by atoms with Gasteiger partial charge in [0.2, 0.25) is 0 Å². The molecule has 0 bridgehead atoms. The summed E-state index contributed by atoms with van der Waals surface area (Å²) in [4.78, 5) is 26.3. The molecular formula is C22H37NO4. The van der Waals surface area contributed by atoms with Crippen molar-refractivity contribution in [2.75, 3.05) is 32.8 Å². The molecule has 0 amide bonds. The molecule has 0 heterocycles. The lowest BCUT2D eigenvalue weighted by atomic mass is 10.1. The lowest BCUT2D eigenvalue weighted by molar-refractivity contribution is 0.0452. The zero-order valence-electron chi connectivity index (χ0n) is 17.8. The summed E-state index contributed by atoms with van der Waals surface area (Å²) in [5.74, 6) is -0.942. The quantitative estimate of drug-likeness (QED) is 0.402. The van der Waals surface area contributed by atoms with Crippen LogP contribution in [0.25, 0.3) is 0 Å². The molecule has 0 aliphatic carbocycles. The maximum atomic E-state index is 11.9. The number of carbonyl (C=O) groups excluding carboxylic acids is 2. The summed E-state index contributed by atoms with van der Waals surface area (Å²) in [5.41, 5.74) is 0.537. The molecule has 1 rings (SSSR count). The van der Waals surface area contributed by atoms with Crippen LogP contribution < -0.4 is 0 Å². The van der Waals surface area contributed by atoms with Gasteiger partial charge in [-0.05, 0) is 44.6 Å². The summed E-state index contributed by atoms with van der Waals surface area (Å²) in [5, 5.41) is 0. The van der Waals surface area contributed by atoms with Gasteiger partial charge in [0.15, 0.2) is 0 Å². The molecule has 0 N–H and O–H groups in total. The summed E-state index contributed by atoms with van der Waals surface area (Å²) in [6.07, 6.45) is 3.53. The van der Waals surface area contributed by atoms with Crippen LogP contribution >= 0.6 is 0 Å². The van der Waals surface area contributed by atoms with Crippen LogP contribution in [0.4, 0.5) is 0 Å². The Labute approximate surface area is 165 Å². The molecule has 0 fully saturated rings. The lowest BCUT2D eigenvalue weighted by Crippen LogP contribution is -2.21. The molecule has 154 valence electrons. The predicted molar refractivity (Wildman–Crippen MR) is 110 cm³/mol. The van der Waals surface area contributed by atoms with Crippen molar-refractivity contribution < 1.29 is 19.1 Å². The topological polar surface area (TPSA) is 55.8 Å². The zero-order chi connectivity index (χ0) is 20.5. The molecule has 0 unspecified atom stereocenters. The minimum atomic E-state index is -0.471. The number of hydrogen-bond donors (Lipinski definition) is 0. The fraction of sp³-hybridized carbons (Fsp3) is 0.636. The Morgan fingerprint density at radius 2 is 1.11 bits per heavy atom. The van der Waals surface area contributed by atoms with Crippen LogP contribution in [0, 0.1) is 0 Å². The van der Waals surface area contributed by atoms with Crippen LogP contribution in [0.1, 0.15) is 81.0 Å². The van der Waals surface area contributed by atoms with E-state index in [0.29, 0.717) is 13.2 Å². The molecule has 0 aliphatic rings. The first-order valence-corrected chi connectivity index (χ1v) is 10.2. The molecule has 0 spiro atoms. The van der Waals surface area contributed by atoms with Gasteiger partial charge in [0.05, 0.1) is 24.3 Å². The van der Waals surface area contributed by atoms with Crippen molar-refractivity contribution in [2.24, 2.45) is 0 Å². The van der Waals surface area contributed by atoms with Crippen LogP contribution in [-0.2, 0) is 9.47 Å².